The van der Waals surface area contributed by atoms with Crippen LogP contribution in [0.1, 0.15) is 48.5 Å². The molecule has 9 nitrogen and oxygen atoms in total. The molecular formula is C29H34ClF3N8O. The highest BCUT2D eigenvalue weighted by Gasteiger charge is 2.41. The highest BCUT2D eigenvalue weighted by atomic mass is 35.5. The number of aromatic amines is 1. The summed E-state index contributed by atoms with van der Waals surface area (Å²) in [7, 11) is 3.23. The van der Waals surface area contributed by atoms with Crippen molar-refractivity contribution in [2.45, 2.75) is 59.4 Å². The predicted molar refractivity (Wildman–Crippen MR) is 156 cm³/mol. The summed E-state index contributed by atoms with van der Waals surface area (Å²) >= 11 is 6.31. The number of nitrogens with one attached hydrogen (secondary N) is 1. The maximum atomic E-state index is 13.6. The molecule has 1 aromatic carbocycles. The number of ether oxygens (including phenoxy) is 1. The molecule has 0 bridgehead atoms. The lowest BCUT2D eigenvalue weighted by atomic mass is 9.81. The summed E-state index contributed by atoms with van der Waals surface area (Å²) in [5.41, 5.74) is 4.28. The Bertz CT molecular complexity index is 1680. The average Bonchev–Trinajstić information content (AvgIpc) is 3.45. The van der Waals surface area contributed by atoms with E-state index in [4.69, 9.17) is 26.3 Å². The quantitative estimate of drug-likeness (QED) is 0.313. The minimum absolute atomic E-state index is 0.0981. The molecule has 1 fully saturated rings. The van der Waals surface area contributed by atoms with Gasteiger partial charge >= 0.3 is 6.18 Å². The van der Waals surface area contributed by atoms with Crippen LogP contribution < -0.4 is 9.80 Å². The number of halogens is 4. The molecule has 1 unspecified atom stereocenters. The fourth-order valence-corrected chi connectivity index (χ4v) is 6.96. The summed E-state index contributed by atoms with van der Waals surface area (Å²) in [4.78, 5) is 14.4. The van der Waals surface area contributed by atoms with Gasteiger partial charge in [-0.05, 0) is 31.9 Å². The molecule has 42 heavy (non-hydrogen) atoms. The second-order valence-electron chi connectivity index (χ2n) is 12.0. The van der Waals surface area contributed by atoms with Gasteiger partial charge in [-0.3, -0.25) is 9.78 Å². The fourth-order valence-electron chi connectivity index (χ4n) is 6.58. The summed E-state index contributed by atoms with van der Waals surface area (Å²) in [5.74, 6) is 1.64. The summed E-state index contributed by atoms with van der Waals surface area (Å²) in [5, 5.41) is 11.8. The number of benzene rings is 1. The Hall–Kier alpha value is -3.38. The number of alkyl halides is 3. The molecule has 0 spiro atoms. The van der Waals surface area contributed by atoms with E-state index in [1.165, 1.54) is 11.7 Å². The number of H-pyrrole nitrogens is 1. The van der Waals surface area contributed by atoms with E-state index in [-0.39, 0.29) is 17.3 Å². The molecule has 4 aromatic rings. The van der Waals surface area contributed by atoms with E-state index in [2.05, 4.69) is 34.0 Å². The third-order valence-corrected chi connectivity index (χ3v) is 8.96. The zero-order chi connectivity index (χ0) is 30.1. The van der Waals surface area contributed by atoms with Gasteiger partial charge in [0, 0.05) is 74.4 Å². The summed E-state index contributed by atoms with van der Waals surface area (Å²) < 4.78 is 47.9. The largest absolute Gasteiger partial charge is 0.436 e. The molecule has 1 atom stereocenters. The Balaban J connectivity index is 1.50. The predicted octanol–water partition coefficient (Wildman–Crippen LogP) is 5.86. The number of aryl methyl sites for hydroxylation is 3. The van der Waals surface area contributed by atoms with Gasteiger partial charge in [0.15, 0.2) is 11.5 Å². The topological polar surface area (TPSA) is 88.0 Å². The van der Waals surface area contributed by atoms with Gasteiger partial charge in [0.05, 0.1) is 17.3 Å². The van der Waals surface area contributed by atoms with Crippen LogP contribution in [0.2, 0.25) is 5.02 Å². The molecule has 1 N–H and O–H groups in total. The Morgan fingerprint density at radius 3 is 2.55 bits per heavy atom. The van der Waals surface area contributed by atoms with Gasteiger partial charge in [-0.1, -0.05) is 31.5 Å². The summed E-state index contributed by atoms with van der Waals surface area (Å²) in [6.07, 6.45) is -3.22. The maximum Gasteiger partial charge on any atom is 0.436 e. The lowest BCUT2D eigenvalue weighted by Gasteiger charge is -2.45. The van der Waals surface area contributed by atoms with Crippen LogP contribution in [-0.2, 0) is 30.9 Å². The molecule has 5 heterocycles. The van der Waals surface area contributed by atoms with Crippen molar-refractivity contribution in [1.82, 2.24) is 29.9 Å². The van der Waals surface area contributed by atoms with E-state index in [0.29, 0.717) is 31.9 Å². The van der Waals surface area contributed by atoms with E-state index in [1.54, 1.807) is 7.11 Å². The van der Waals surface area contributed by atoms with Gasteiger partial charge in [0.1, 0.15) is 16.7 Å². The molecule has 13 heteroatoms. The van der Waals surface area contributed by atoms with E-state index < -0.39 is 16.9 Å². The molecule has 0 saturated carbocycles. The molecule has 224 valence electrons. The number of aromatic nitrogens is 6. The highest BCUT2D eigenvalue weighted by molar-refractivity contribution is 6.33. The van der Waals surface area contributed by atoms with Crippen molar-refractivity contribution in [2.75, 3.05) is 36.5 Å². The van der Waals surface area contributed by atoms with Crippen LogP contribution in [0.5, 0.6) is 0 Å². The summed E-state index contributed by atoms with van der Waals surface area (Å²) in [6.45, 7) is 10.6. The third kappa shape index (κ3) is 4.68. The van der Waals surface area contributed by atoms with E-state index >= 15 is 0 Å². The van der Waals surface area contributed by atoms with Gasteiger partial charge in [-0.2, -0.15) is 23.4 Å². The number of piperidine rings is 1. The Morgan fingerprint density at radius 2 is 1.88 bits per heavy atom. The lowest BCUT2D eigenvalue weighted by Crippen LogP contribution is -2.50. The fraction of sp³-hybridized carbons (Fsp3) is 0.517. The van der Waals surface area contributed by atoms with Gasteiger partial charge in [-0.25, -0.2) is 9.97 Å². The van der Waals surface area contributed by atoms with Crippen molar-refractivity contribution >= 4 is 34.1 Å². The normalized spacial score (nSPS) is 19.0. The van der Waals surface area contributed by atoms with Crippen LogP contribution in [0.15, 0.2) is 12.1 Å². The van der Waals surface area contributed by atoms with Gasteiger partial charge in [0.25, 0.3) is 0 Å². The van der Waals surface area contributed by atoms with Crippen molar-refractivity contribution in [2.24, 2.45) is 12.5 Å². The molecule has 2 aliphatic rings. The standard InChI is InChI=1S/C29H34ClF3N8O/c1-15-7-8-19-22(16(2)36-37-19)21(15)25-34-18-9-11-40(27-23(30)24(29(31,32)33)38-39(27)5)13-17(18)26(35-25)41-12-10-20(42-6)28(3,4)14-41/h7-8,20H,9-14H2,1-6H3,(H,36,37). The number of fused-ring (bicyclic) bond motifs is 2. The second-order valence-corrected chi connectivity index (χ2v) is 12.4. The minimum atomic E-state index is -4.65. The first-order valence-electron chi connectivity index (χ1n) is 14.0. The highest BCUT2D eigenvalue weighted by Crippen LogP contribution is 2.43. The molecule has 6 rings (SSSR count). The molecule has 1 saturated heterocycles. The maximum absolute atomic E-state index is 13.6. The van der Waals surface area contributed by atoms with Crippen molar-refractivity contribution in [3.05, 3.63) is 45.4 Å². The zero-order valence-corrected chi connectivity index (χ0v) is 25.3. The van der Waals surface area contributed by atoms with Crippen molar-refractivity contribution in [3.63, 3.8) is 0 Å². The van der Waals surface area contributed by atoms with Crippen LogP contribution in [-0.4, -0.2) is 62.8 Å². The number of nitrogens with zero attached hydrogens (tertiary/aromatic N) is 7. The first-order valence-corrected chi connectivity index (χ1v) is 14.3. The van der Waals surface area contributed by atoms with Crippen molar-refractivity contribution in [3.8, 4) is 11.4 Å². The number of rotatable bonds is 4. The smallest absolute Gasteiger partial charge is 0.381 e. The van der Waals surface area contributed by atoms with Gasteiger partial charge in [0.2, 0.25) is 0 Å². The minimum Gasteiger partial charge on any atom is -0.381 e. The Morgan fingerprint density at radius 1 is 1.12 bits per heavy atom. The van der Waals surface area contributed by atoms with Crippen molar-refractivity contribution in [1.29, 1.82) is 0 Å². The number of hydrogen-bond acceptors (Lipinski definition) is 7. The van der Waals surface area contributed by atoms with Crippen LogP contribution in [0.25, 0.3) is 22.3 Å². The first-order chi connectivity index (χ1) is 19.8. The van der Waals surface area contributed by atoms with Crippen LogP contribution in [0.4, 0.5) is 24.8 Å². The molecule has 0 radical (unpaired) electrons. The number of anilines is 2. The monoisotopic (exact) mass is 602 g/mol. The molecule has 0 amide bonds. The van der Waals surface area contributed by atoms with E-state index in [0.717, 1.165) is 57.8 Å². The van der Waals surface area contributed by atoms with Gasteiger partial charge in [-0.15, -0.1) is 0 Å². The van der Waals surface area contributed by atoms with E-state index in [1.807, 2.05) is 30.9 Å². The van der Waals surface area contributed by atoms with E-state index in [9.17, 15) is 13.2 Å². The van der Waals surface area contributed by atoms with Crippen molar-refractivity contribution < 1.29 is 17.9 Å². The van der Waals surface area contributed by atoms with Crippen LogP contribution >= 0.6 is 11.6 Å². The Kier molecular flexibility index (Phi) is 6.92. The molecular weight excluding hydrogens is 569 g/mol. The molecule has 2 aliphatic heterocycles. The third-order valence-electron chi connectivity index (χ3n) is 8.62. The number of methoxy groups -OCH3 is 1. The molecule has 3 aromatic heterocycles. The van der Waals surface area contributed by atoms with Crippen LogP contribution in [0, 0.1) is 19.3 Å². The van der Waals surface area contributed by atoms with Crippen LogP contribution in [0.3, 0.4) is 0 Å². The van der Waals surface area contributed by atoms with Gasteiger partial charge < -0.3 is 14.5 Å². The Labute approximate surface area is 247 Å². The zero-order valence-electron chi connectivity index (χ0n) is 24.5. The lowest BCUT2D eigenvalue weighted by molar-refractivity contribution is -0.141. The number of hydrogen-bond donors (Lipinski definition) is 1. The average molecular weight is 603 g/mol. The second kappa shape index (κ2) is 10.1. The summed E-state index contributed by atoms with van der Waals surface area (Å²) in [6, 6.07) is 4.01. The SMILES string of the molecule is COC1CCN(c2nc(-c3c(C)ccc4n[nH]c(C)c34)nc3c2CN(c2c(Cl)c(C(F)(F)F)nn2C)CC3)CC1(C)C. The molecule has 0 aliphatic carbocycles. The first kappa shape index (κ1) is 28.7.